The second kappa shape index (κ2) is 4.40. The van der Waals surface area contributed by atoms with Gasteiger partial charge in [0.25, 0.3) is 0 Å². The highest BCUT2D eigenvalue weighted by Crippen LogP contribution is 2.32. The molecule has 3 heteroatoms. The molecule has 0 aromatic rings. The third-order valence-electron chi connectivity index (χ3n) is 4.11. The molecule has 0 spiro atoms. The monoisotopic (exact) mass is 211 g/mol. The molecule has 0 radical (unpaired) electrons. The molecule has 0 aliphatic carbocycles. The van der Waals surface area contributed by atoms with Gasteiger partial charge in [-0.3, -0.25) is 0 Å². The van der Waals surface area contributed by atoms with E-state index >= 15 is 0 Å². The van der Waals surface area contributed by atoms with Crippen LogP contribution in [0.1, 0.15) is 26.2 Å². The summed E-state index contributed by atoms with van der Waals surface area (Å²) in [7, 11) is 2.23. The molecule has 2 aliphatic rings. The number of hydrogen-bond acceptors (Lipinski definition) is 3. The lowest BCUT2D eigenvalue weighted by atomic mass is 9.80. The summed E-state index contributed by atoms with van der Waals surface area (Å²) in [4.78, 5) is 5.01. The molecule has 0 aromatic carbocycles. The molecule has 0 amide bonds. The van der Waals surface area contributed by atoms with Crippen molar-refractivity contribution in [1.29, 1.82) is 0 Å². The fraction of sp³-hybridized carbons (Fsp3) is 1.00. The lowest BCUT2D eigenvalue weighted by molar-refractivity contribution is 0.0965. The Morgan fingerprint density at radius 1 is 1.27 bits per heavy atom. The van der Waals surface area contributed by atoms with Crippen molar-refractivity contribution < 1.29 is 0 Å². The highest BCUT2D eigenvalue weighted by atomic mass is 15.2. The van der Waals surface area contributed by atoms with E-state index in [1.807, 2.05) is 0 Å². The maximum atomic E-state index is 5.95. The van der Waals surface area contributed by atoms with Crippen LogP contribution in [0.4, 0.5) is 0 Å². The van der Waals surface area contributed by atoms with Gasteiger partial charge in [-0.25, -0.2) is 0 Å². The molecule has 2 N–H and O–H groups in total. The molecule has 2 fully saturated rings. The van der Waals surface area contributed by atoms with Crippen molar-refractivity contribution >= 4 is 0 Å². The normalized spacial score (nSPS) is 33.4. The van der Waals surface area contributed by atoms with Gasteiger partial charge >= 0.3 is 0 Å². The Bertz CT molecular complexity index is 209. The topological polar surface area (TPSA) is 32.5 Å². The summed E-state index contributed by atoms with van der Waals surface area (Å²) in [5.41, 5.74) is 6.48. The molecule has 1 atom stereocenters. The van der Waals surface area contributed by atoms with Crippen molar-refractivity contribution in [2.24, 2.45) is 11.1 Å². The van der Waals surface area contributed by atoms with E-state index in [0.29, 0.717) is 11.5 Å². The van der Waals surface area contributed by atoms with E-state index in [4.69, 9.17) is 5.73 Å². The van der Waals surface area contributed by atoms with E-state index in [1.54, 1.807) is 0 Å². The van der Waals surface area contributed by atoms with Crippen LogP contribution in [-0.4, -0.2) is 55.6 Å². The highest BCUT2D eigenvalue weighted by molar-refractivity contribution is 4.87. The maximum Gasteiger partial charge on any atom is 0.0180 e. The van der Waals surface area contributed by atoms with Crippen molar-refractivity contribution in [3.8, 4) is 0 Å². The molecule has 88 valence electrons. The van der Waals surface area contributed by atoms with Gasteiger partial charge in [0.05, 0.1) is 0 Å². The summed E-state index contributed by atoms with van der Waals surface area (Å²) in [5.74, 6) is 0. The summed E-state index contributed by atoms with van der Waals surface area (Å²) in [6, 6.07) is 0.430. The van der Waals surface area contributed by atoms with Crippen molar-refractivity contribution in [3.63, 3.8) is 0 Å². The summed E-state index contributed by atoms with van der Waals surface area (Å²) in [6.45, 7) is 8.56. The van der Waals surface area contributed by atoms with Gasteiger partial charge in [-0.15, -0.1) is 0 Å². The molecule has 0 bridgehead atoms. The van der Waals surface area contributed by atoms with E-state index in [0.717, 1.165) is 6.54 Å². The molecule has 2 rings (SSSR count). The van der Waals surface area contributed by atoms with Gasteiger partial charge in [0.15, 0.2) is 0 Å². The van der Waals surface area contributed by atoms with Gasteiger partial charge in [0.2, 0.25) is 0 Å². The lowest BCUT2D eigenvalue weighted by Gasteiger charge is -2.40. The molecular formula is C12H25N3. The molecule has 0 aromatic heterocycles. The van der Waals surface area contributed by atoms with Crippen LogP contribution in [0.3, 0.4) is 0 Å². The summed E-state index contributed by atoms with van der Waals surface area (Å²) >= 11 is 0. The minimum absolute atomic E-state index is 0.430. The Hall–Kier alpha value is -0.120. The van der Waals surface area contributed by atoms with E-state index in [1.165, 1.54) is 45.4 Å². The summed E-state index contributed by atoms with van der Waals surface area (Å²) in [6.07, 6.45) is 3.88. The number of nitrogens with zero attached hydrogens (tertiary/aromatic N) is 2. The maximum absolute atomic E-state index is 5.95. The molecule has 1 unspecified atom stereocenters. The number of piperidine rings is 1. The first-order chi connectivity index (χ1) is 7.07. The quantitative estimate of drug-likeness (QED) is 0.731. The lowest BCUT2D eigenvalue weighted by Crippen LogP contribution is -2.43. The highest BCUT2D eigenvalue weighted by Gasteiger charge is 2.32. The number of rotatable bonds is 2. The minimum Gasteiger partial charge on any atom is -0.326 e. The van der Waals surface area contributed by atoms with E-state index in [-0.39, 0.29) is 0 Å². The Labute approximate surface area is 93.6 Å². The summed E-state index contributed by atoms with van der Waals surface area (Å²) in [5, 5.41) is 0. The zero-order valence-electron chi connectivity index (χ0n) is 10.2. The predicted octanol–water partition coefficient (Wildman–Crippen LogP) is 0.751. The average molecular weight is 211 g/mol. The van der Waals surface area contributed by atoms with E-state index < -0.39 is 0 Å². The smallest absolute Gasteiger partial charge is 0.0180 e. The second-order valence-corrected chi connectivity index (χ2v) is 5.90. The van der Waals surface area contributed by atoms with Crippen LogP contribution in [0.2, 0.25) is 0 Å². The first kappa shape index (κ1) is 11.4. The SMILES string of the molecule is CN1CCC(C)(CN2CCC(N)C2)CC1. The van der Waals surface area contributed by atoms with Gasteiger partial charge in [-0.05, 0) is 51.4 Å². The van der Waals surface area contributed by atoms with Crippen LogP contribution in [0, 0.1) is 5.41 Å². The Kier molecular flexibility index (Phi) is 3.33. The number of nitrogens with two attached hydrogens (primary N) is 1. The van der Waals surface area contributed by atoms with Crippen molar-refractivity contribution in [3.05, 3.63) is 0 Å². The third kappa shape index (κ3) is 2.92. The van der Waals surface area contributed by atoms with Crippen LogP contribution in [0.15, 0.2) is 0 Å². The molecule has 0 saturated carbocycles. The molecule has 2 aliphatic heterocycles. The first-order valence-electron chi connectivity index (χ1n) is 6.24. The van der Waals surface area contributed by atoms with E-state index in [9.17, 15) is 0 Å². The van der Waals surface area contributed by atoms with Gasteiger partial charge in [0, 0.05) is 19.1 Å². The van der Waals surface area contributed by atoms with Gasteiger partial charge in [0.1, 0.15) is 0 Å². The predicted molar refractivity (Wildman–Crippen MR) is 63.9 cm³/mol. The first-order valence-corrected chi connectivity index (χ1v) is 6.24. The standard InChI is InChI=1S/C12H25N3/c1-12(4-7-14(2)8-5-12)10-15-6-3-11(13)9-15/h11H,3-10,13H2,1-2H3. The van der Waals surface area contributed by atoms with Crippen molar-refractivity contribution in [2.75, 3.05) is 39.8 Å². The van der Waals surface area contributed by atoms with Crippen LogP contribution in [0.5, 0.6) is 0 Å². The zero-order chi connectivity index (χ0) is 10.9. The largest absolute Gasteiger partial charge is 0.326 e. The second-order valence-electron chi connectivity index (χ2n) is 5.90. The van der Waals surface area contributed by atoms with Crippen LogP contribution in [-0.2, 0) is 0 Å². The molecular weight excluding hydrogens is 186 g/mol. The Balaban J connectivity index is 1.82. The fourth-order valence-corrected chi connectivity index (χ4v) is 2.86. The van der Waals surface area contributed by atoms with Crippen LogP contribution < -0.4 is 5.73 Å². The van der Waals surface area contributed by atoms with E-state index in [2.05, 4.69) is 23.8 Å². The number of likely N-dealkylation sites (tertiary alicyclic amines) is 2. The zero-order valence-corrected chi connectivity index (χ0v) is 10.2. The Morgan fingerprint density at radius 2 is 1.93 bits per heavy atom. The van der Waals surface area contributed by atoms with Crippen LogP contribution in [0.25, 0.3) is 0 Å². The number of hydrogen-bond donors (Lipinski definition) is 1. The van der Waals surface area contributed by atoms with Gasteiger partial charge in [-0.1, -0.05) is 6.92 Å². The summed E-state index contributed by atoms with van der Waals surface area (Å²) < 4.78 is 0. The fourth-order valence-electron chi connectivity index (χ4n) is 2.86. The molecule has 15 heavy (non-hydrogen) atoms. The Morgan fingerprint density at radius 3 is 2.47 bits per heavy atom. The third-order valence-corrected chi connectivity index (χ3v) is 4.11. The molecule has 3 nitrogen and oxygen atoms in total. The van der Waals surface area contributed by atoms with Crippen LogP contribution >= 0.6 is 0 Å². The molecule has 2 heterocycles. The van der Waals surface area contributed by atoms with Gasteiger partial charge < -0.3 is 15.5 Å². The average Bonchev–Trinajstić information content (AvgIpc) is 2.57. The molecule has 2 saturated heterocycles. The van der Waals surface area contributed by atoms with Crippen molar-refractivity contribution in [2.45, 2.75) is 32.2 Å². The van der Waals surface area contributed by atoms with Crippen molar-refractivity contribution in [1.82, 2.24) is 9.80 Å². The minimum atomic E-state index is 0.430. The van der Waals surface area contributed by atoms with Gasteiger partial charge in [-0.2, -0.15) is 0 Å².